The number of hydrogen-bond donors (Lipinski definition) is 0. The van der Waals surface area contributed by atoms with Gasteiger partial charge in [-0.2, -0.15) is 0 Å². The van der Waals surface area contributed by atoms with E-state index in [2.05, 4.69) is 48.5 Å². The van der Waals surface area contributed by atoms with Gasteiger partial charge in [-0.1, -0.05) is 66.7 Å². The van der Waals surface area contributed by atoms with Gasteiger partial charge in [0.15, 0.2) is 0 Å². The monoisotopic (exact) mass is 298 g/mol. The molecule has 110 valence electrons. The standard InChI is InChI=1S/C21H14O2/c22-21-17-12-11-15(13-5-2-1-3-6-13)16-10-9-14-7-4-8-18(23-21)19(14)20(16)17/h1-12,15,17H. The Kier molecular flexibility index (Phi) is 2.51. The van der Waals surface area contributed by atoms with Crippen LogP contribution in [-0.2, 0) is 4.79 Å². The highest BCUT2D eigenvalue weighted by molar-refractivity contribution is 6.02. The van der Waals surface area contributed by atoms with Crippen molar-refractivity contribution in [3.63, 3.8) is 0 Å². The molecule has 0 radical (unpaired) electrons. The quantitative estimate of drug-likeness (QED) is 0.374. The Morgan fingerprint density at radius 3 is 2.48 bits per heavy atom. The Morgan fingerprint density at radius 1 is 0.783 bits per heavy atom. The van der Waals surface area contributed by atoms with Gasteiger partial charge in [0.05, 0.1) is 0 Å². The second-order valence-corrected chi connectivity index (χ2v) is 6.09. The lowest BCUT2D eigenvalue weighted by atomic mass is 9.76. The summed E-state index contributed by atoms with van der Waals surface area (Å²) >= 11 is 0. The van der Waals surface area contributed by atoms with Gasteiger partial charge in [0, 0.05) is 11.3 Å². The third-order valence-corrected chi connectivity index (χ3v) is 4.85. The van der Waals surface area contributed by atoms with Gasteiger partial charge in [0.1, 0.15) is 11.7 Å². The molecule has 3 aromatic carbocycles. The first kappa shape index (κ1) is 12.7. The van der Waals surface area contributed by atoms with Gasteiger partial charge in [-0.15, -0.1) is 0 Å². The minimum Gasteiger partial charge on any atom is -0.425 e. The van der Waals surface area contributed by atoms with E-state index in [1.54, 1.807) is 0 Å². The lowest BCUT2D eigenvalue weighted by Gasteiger charge is -2.31. The summed E-state index contributed by atoms with van der Waals surface area (Å²) in [5, 5.41) is 2.21. The minimum atomic E-state index is -0.288. The molecule has 2 atom stereocenters. The summed E-state index contributed by atoms with van der Waals surface area (Å²) in [6.45, 7) is 0. The van der Waals surface area contributed by atoms with Crippen molar-refractivity contribution >= 4 is 16.7 Å². The maximum atomic E-state index is 12.4. The van der Waals surface area contributed by atoms with Crippen molar-refractivity contribution in [1.29, 1.82) is 0 Å². The molecule has 2 heteroatoms. The zero-order valence-electron chi connectivity index (χ0n) is 12.4. The summed E-state index contributed by atoms with van der Waals surface area (Å²) in [5.74, 6) is 0.400. The molecule has 1 aliphatic carbocycles. The van der Waals surface area contributed by atoms with Crippen molar-refractivity contribution in [2.24, 2.45) is 0 Å². The molecule has 3 aromatic rings. The first-order valence-corrected chi connectivity index (χ1v) is 7.83. The van der Waals surface area contributed by atoms with Crippen LogP contribution >= 0.6 is 0 Å². The smallest absolute Gasteiger partial charge is 0.322 e. The number of benzene rings is 3. The number of rotatable bonds is 1. The average molecular weight is 298 g/mol. The van der Waals surface area contributed by atoms with Crippen LogP contribution in [0.5, 0.6) is 5.75 Å². The summed E-state index contributed by atoms with van der Waals surface area (Å²) in [6, 6.07) is 20.6. The van der Waals surface area contributed by atoms with E-state index in [4.69, 9.17) is 4.74 Å². The van der Waals surface area contributed by atoms with E-state index in [0.717, 1.165) is 16.3 Å². The van der Waals surface area contributed by atoms with Gasteiger partial charge in [-0.25, -0.2) is 0 Å². The number of allylic oxidation sites excluding steroid dienone is 1. The first-order valence-electron chi connectivity index (χ1n) is 7.83. The predicted molar refractivity (Wildman–Crippen MR) is 89.7 cm³/mol. The second-order valence-electron chi connectivity index (χ2n) is 6.09. The van der Waals surface area contributed by atoms with Crippen LogP contribution in [0.4, 0.5) is 0 Å². The Morgan fingerprint density at radius 2 is 1.61 bits per heavy atom. The fourth-order valence-electron chi connectivity index (χ4n) is 3.82. The fraction of sp³-hybridized carbons (Fsp3) is 0.0952. The van der Waals surface area contributed by atoms with Gasteiger partial charge < -0.3 is 4.74 Å². The van der Waals surface area contributed by atoms with E-state index < -0.39 is 0 Å². The van der Waals surface area contributed by atoms with Crippen LogP contribution in [0.2, 0.25) is 0 Å². The molecular weight excluding hydrogens is 284 g/mol. The Balaban J connectivity index is 1.84. The molecule has 0 saturated heterocycles. The van der Waals surface area contributed by atoms with E-state index in [-0.39, 0.29) is 17.8 Å². The molecule has 23 heavy (non-hydrogen) atoms. The SMILES string of the molecule is O=C1Oc2cccc3ccc4c(c23)C1C=CC4c1ccccc1. The second kappa shape index (κ2) is 4.56. The highest BCUT2D eigenvalue weighted by Gasteiger charge is 2.35. The molecule has 0 saturated carbocycles. The normalized spacial score (nSPS) is 21.3. The van der Waals surface area contributed by atoms with E-state index in [1.807, 2.05) is 24.3 Å². The topological polar surface area (TPSA) is 26.3 Å². The molecule has 2 unspecified atom stereocenters. The molecule has 1 aliphatic heterocycles. The van der Waals surface area contributed by atoms with E-state index >= 15 is 0 Å². The zero-order chi connectivity index (χ0) is 15.4. The van der Waals surface area contributed by atoms with E-state index in [9.17, 15) is 4.79 Å². The van der Waals surface area contributed by atoms with Crippen molar-refractivity contribution < 1.29 is 9.53 Å². The van der Waals surface area contributed by atoms with Crippen LogP contribution in [0.1, 0.15) is 28.5 Å². The molecule has 1 heterocycles. The lowest BCUT2D eigenvalue weighted by molar-refractivity contribution is -0.135. The molecule has 0 bridgehead atoms. The number of carbonyl (C=O) groups excluding carboxylic acids is 1. The van der Waals surface area contributed by atoms with Gasteiger partial charge in [0.2, 0.25) is 0 Å². The zero-order valence-corrected chi connectivity index (χ0v) is 12.4. The third-order valence-electron chi connectivity index (χ3n) is 4.85. The Bertz CT molecular complexity index is 970. The summed E-state index contributed by atoms with van der Waals surface area (Å²) in [5.41, 5.74) is 3.57. The van der Waals surface area contributed by atoms with Crippen molar-refractivity contribution in [3.8, 4) is 5.75 Å². The highest BCUT2D eigenvalue weighted by Crippen LogP contribution is 2.46. The van der Waals surface area contributed by atoms with Gasteiger partial charge >= 0.3 is 5.97 Å². The number of esters is 1. The molecule has 2 nitrogen and oxygen atoms in total. The number of carbonyl (C=O) groups is 1. The molecule has 0 spiro atoms. The largest absolute Gasteiger partial charge is 0.425 e. The van der Waals surface area contributed by atoms with Crippen LogP contribution < -0.4 is 4.74 Å². The molecule has 2 aliphatic rings. The van der Waals surface area contributed by atoms with Crippen LogP contribution in [0.15, 0.2) is 72.8 Å². The van der Waals surface area contributed by atoms with Crippen molar-refractivity contribution in [2.75, 3.05) is 0 Å². The molecular formula is C21H14O2. The van der Waals surface area contributed by atoms with E-state index in [0.29, 0.717) is 5.75 Å². The summed E-state index contributed by atoms with van der Waals surface area (Å²) in [6.07, 6.45) is 4.13. The summed E-state index contributed by atoms with van der Waals surface area (Å²) < 4.78 is 5.55. The Labute approximate surface area is 134 Å². The molecule has 0 aromatic heterocycles. The highest BCUT2D eigenvalue weighted by atomic mass is 16.5. The predicted octanol–water partition coefficient (Wildman–Crippen LogP) is 4.54. The number of ether oxygens (including phenoxy) is 1. The van der Waals surface area contributed by atoms with Crippen LogP contribution in [0, 0.1) is 0 Å². The molecule has 0 N–H and O–H groups in total. The average Bonchev–Trinajstić information content (AvgIpc) is 2.61. The summed E-state index contributed by atoms with van der Waals surface area (Å²) in [4.78, 5) is 12.4. The number of hydrogen-bond acceptors (Lipinski definition) is 2. The lowest BCUT2D eigenvalue weighted by Crippen LogP contribution is -2.25. The van der Waals surface area contributed by atoms with Crippen molar-refractivity contribution in [3.05, 3.63) is 89.5 Å². The van der Waals surface area contributed by atoms with Gasteiger partial charge in [0.25, 0.3) is 0 Å². The first-order chi connectivity index (χ1) is 11.3. The molecule has 5 rings (SSSR count). The summed E-state index contributed by atoms with van der Waals surface area (Å²) in [7, 11) is 0. The van der Waals surface area contributed by atoms with Crippen LogP contribution in [0.25, 0.3) is 10.8 Å². The maximum Gasteiger partial charge on any atom is 0.322 e. The molecule has 0 amide bonds. The Hall–Kier alpha value is -2.87. The molecule has 0 fully saturated rings. The van der Waals surface area contributed by atoms with Crippen molar-refractivity contribution in [1.82, 2.24) is 0 Å². The van der Waals surface area contributed by atoms with Crippen LogP contribution in [-0.4, -0.2) is 5.97 Å². The van der Waals surface area contributed by atoms with Crippen LogP contribution in [0.3, 0.4) is 0 Å². The van der Waals surface area contributed by atoms with Gasteiger partial charge in [-0.3, -0.25) is 4.79 Å². The van der Waals surface area contributed by atoms with Gasteiger partial charge in [-0.05, 0) is 28.1 Å². The van der Waals surface area contributed by atoms with E-state index in [1.165, 1.54) is 11.1 Å². The third kappa shape index (κ3) is 1.72. The fourth-order valence-corrected chi connectivity index (χ4v) is 3.82. The maximum absolute atomic E-state index is 12.4. The van der Waals surface area contributed by atoms with Crippen molar-refractivity contribution in [2.45, 2.75) is 11.8 Å². The minimum absolute atomic E-state index is 0.180.